The van der Waals surface area contributed by atoms with E-state index in [9.17, 15) is 0 Å². The van der Waals surface area contributed by atoms with Crippen LogP contribution >= 0.6 is 0 Å². The first-order valence-electron chi connectivity index (χ1n) is 5.94. The number of benzene rings is 1. The summed E-state index contributed by atoms with van der Waals surface area (Å²) in [7, 11) is 0. The van der Waals surface area contributed by atoms with Crippen molar-refractivity contribution in [2.75, 3.05) is 0 Å². The topological polar surface area (TPSA) is 41.6 Å². The third-order valence-electron chi connectivity index (χ3n) is 3.54. The van der Waals surface area contributed by atoms with Crippen molar-refractivity contribution >= 4 is 32.7 Å². The summed E-state index contributed by atoms with van der Waals surface area (Å²) in [5.41, 5.74) is 3.36. The molecule has 18 heavy (non-hydrogen) atoms. The zero-order valence-corrected chi connectivity index (χ0v) is 9.94. The van der Waals surface area contributed by atoms with Gasteiger partial charge in [0.2, 0.25) is 0 Å². The van der Waals surface area contributed by atoms with Crippen molar-refractivity contribution in [1.29, 1.82) is 0 Å². The van der Waals surface area contributed by atoms with Crippen LogP contribution in [0.2, 0.25) is 0 Å². The Bertz CT molecular complexity index is 890. The number of H-pyrrole nitrogens is 1. The maximum absolute atomic E-state index is 4.38. The van der Waals surface area contributed by atoms with E-state index in [-0.39, 0.29) is 0 Å². The van der Waals surface area contributed by atoms with Crippen LogP contribution in [0.25, 0.3) is 32.7 Å². The number of pyridine rings is 2. The van der Waals surface area contributed by atoms with E-state index >= 15 is 0 Å². The Kier molecular flexibility index (Phi) is 1.75. The van der Waals surface area contributed by atoms with Crippen molar-refractivity contribution in [3.8, 4) is 0 Å². The number of aromatic amines is 1. The lowest BCUT2D eigenvalue weighted by molar-refractivity contribution is 1.34. The highest BCUT2D eigenvalue weighted by Gasteiger charge is 2.09. The number of rotatable bonds is 0. The van der Waals surface area contributed by atoms with E-state index in [1.54, 1.807) is 0 Å². The molecule has 0 aliphatic heterocycles. The minimum Gasteiger partial charge on any atom is -0.339 e. The second-order valence-corrected chi connectivity index (χ2v) is 4.55. The molecule has 0 unspecified atom stereocenters. The van der Waals surface area contributed by atoms with Gasteiger partial charge >= 0.3 is 0 Å². The quantitative estimate of drug-likeness (QED) is 0.504. The normalized spacial score (nSPS) is 11.6. The molecule has 0 saturated carbocycles. The fourth-order valence-electron chi connectivity index (χ4n) is 2.64. The molecule has 0 fully saturated rings. The first-order chi connectivity index (χ1) is 8.84. The van der Waals surface area contributed by atoms with E-state index in [2.05, 4.69) is 40.1 Å². The van der Waals surface area contributed by atoms with Gasteiger partial charge in [-0.05, 0) is 42.1 Å². The van der Waals surface area contributed by atoms with Crippen molar-refractivity contribution in [1.82, 2.24) is 15.0 Å². The fraction of sp³-hybridized carbons (Fsp3) is 0.0667. The Balaban J connectivity index is 2.33. The van der Waals surface area contributed by atoms with Crippen LogP contribution in [0.4, 0.5) is 0 Å². The highest BCUT2D eigenvalue weighted by Crippen LogP contribution is 2.31. The van der Waals surface area contributed by atoms with Crippen molar-refractivity contribution in [3.05, 3.63) is 48.4 Å². The monoisotopic (exact) mass is 233 g/mol. The summed E-state index contributed by atoms with van der Waals surface area (Å²) in [4.78, 5) is 12.0. The van der Waals surface area contributed by atoms with Crippen molar-refractivity contribution in [3.63, 3.8) is 0 Å². The van der Waals surface area contributed by atoms with Crippen LogP contribution in [0.3, 0.4) is 0 Å². The summed E-state index contributed by atoms with van der Waals surface area (Å²) in [6.07, 6.45) is 5.56. The average Bonchev–Trinajstić information content (AvgIpc) is 2.79. The van der Waals surface area contributed by atoms with Crippen molar-refractivity contribution in [2.45, 2.75) is 6.92 Å². The molecule has 0 saturated heterocycles. The third kappa shape index (κ3) is 1.13. The van der Waals surface area contributed by atoms with E-state index in [1.807, 2.05) is 24.7 Å². The predicted molar refractivity (Wildman–Crippen MR) is 73.6 cm³/mol. The predicted octanol–water partition coefficient (Wildman–Crippen LogP) is 3.57. The van der Waals surface area contributed by atoms with Crippen molar-refractivity contribution in [2.24, 2.45) is 0 Å². The summed E-state index contributed by atoms with van der Waals surface area (Å²) >= 11 is 0. The molecule has 0 spiro atoms. The molecule has 3 aromatic heterocycles. The van der Waals surface area contributed by atoms with Gasteiger partial charge in [0.25, 0.3) is 0 Å². The van der Waals surface area contributed by atoms with Gasteiger partial charge in [0.15, 0.2) is 0 Å². The maximum Gasteiger partial charge on any atom is 0.138 e. The average molecular weight is 233 g/mol. The Morgan fingerprint density at radius 3 is 2.94 bits per heavy atom. The van der Waals surface area contributed by atoms with Gasteiger partial charge in [-0.2, -0.15) is 0 Å². The number of hydrogen-bond donors (Lipinski definition) is 1. The van der Waals surface area contributed by atoms with Gasteiger partial charge in [0.1, 0.15) is 5.65 Å². The zero-order chi connectivity index (χ0) is 12.1. The summed E-state index contributed by atoms with van der Waals surface area (Å²) in [5.74, 6) is 0. The summed E-state index contributed by atoms with van der Waals surface area (Å²) in [5, 5.41) is 4.80. The Morgan fingerprint density at radius 2 is 2.00 bits per heavy atom. The molecule has 0 aliphatic carbocycles. The van der Waals surface area contributed by atoms with Crippen molar-refractivity contribution < 1.29 is 0 Å². The number of aromatic nitrogens is 3. The minimum atomic E-state index is 0.943. The van der Waals surface area contributed by atoms with Crippen LogP contribution in [0.5, 0.6) is 0 Å². The van der Waals surface area contributed by atoms with Crippen LogP contribution in [0, 0.1) is 6.92 Å². The van der Waals surface area contributed by atoms with E-state index < -0.39 is 0 Å². The highest BCUT2D eigenvalue weighted by atomic mass is 14.8. The smallest absolute Gasteiger partial charge is 0.138 e. The van der Waals surface area contributed by atoms with Crippen LogP contribution < -0.4 is 0 Å². The number of aryl methyl sites for hydroxylation is 1. The van der Waals surface area contributed by atoms with E-state index in [4.69, 9.17) is 0 Å². The molecule has 0 atom stereocenters. The Labute approximate surface area is 103 Å². The molecule has 1 aromatic carbocycles. The van der Waals surface area contributed by atoms with E-state index in [0.29, 0.717) is 0 Å². The standard InChI is InChI=1S/C15H11N3/c1-9-11-4-6-16-8-10(11)7-13-12-3-2-5-17-15(12)18-14(9)13/h2-8H,1H3,(H,17,18). The summed E-state index contributed by atoms with van der Waals surface area (Å²) < 4.78 is 0. The lowest BCUT2D eigenvalue weighted by atomic mass is 10.0. The summed E-state index contributed by atoms with van der Waals surface area (Å²) in [6.45, 7) is 2.14. The first kappa shape index (κ1) is 9.59. The minimum absolute atomic E-state index is 0.943. The summed E-state index contributed by atoms with van der Waals surface area (Å²) in [6, 6.07) is 8.31. The van der Waals surface area contributed by atoms with Crippen LogP contribution in [-0.2, 0) is 0 Å². The molecule has 3 nitrogen and oxygen atoms in total. The van der Waals surface area contributed by atoms with Gasteiger partial charge < -0.3 is 4.98 Å². The molecule has 0 aliphatic rings. The highest BCUT2D eigenvalue weighted by molar-refractivity contribution is 6.12. The van der Waals surface area contributed by atoms with Crippen LogP contribution in [0.1, 0.15) is 5.56 Å². The molecule has 4 rings (SSSR count). The molecule has 0 radical (unpaired) electrons. The second kappa shape index (κ2) is 3.29. The molecule has 3 heteroatoms. The maximum atomic E-state index is 4.38. The van der Waals surface area contributed by atoms with Crippen LogP contribution in [-0.4, -0.2) is 15.0 Å². The fourth-order valence-corrected chi connectivity index (χ4v) is 2.64. The van der Waals surface area contributed by atoms with E-state index in [0.717, 1.165) is 5.65 Å². The van der Waals surface area contributed by atoms with Gasteiger partial charge in [-0.1, -0.05) is 0 Å². The zero-order valence-electron chi connectivity index (χ0n) is 9.94. The van der Waals surface area contributed by atoms with E-state index in [1.165, 1.54) is 32.6 Å². The molecular weight excluding hydrogens is 222 g/mol. The number of hydrogen-bond acceptors (Lipinski definition) is 2. The van der Waals surface area contributed by atoms with Gasteiger partial charge in [-0.25, -0.2) is 4.98 Å². The molecule has 3 heterocycles. The number of nitrogens with zero attached hydrogens (tertiary/aromatic N) is 2. The molecule has 0 amide bonds. The SMILES string of the molecule is Cc1c2ccncc2cc2c1[nH]c1ncccc12. The first-order valence-corrected chi connectivity index (χ1v) is 5.94. The molecule has 0 bridgehead atoms. The van der Waals surface area contributed by atoms with Gasteiger partial charge in [0, 0.05) is 34.7 Å². The number of fused-ring (bicyclic) bond motifs is 4. The Morgan fingerprint density at radius 1 is 1.06 bits per heavy atom. The third-order valence-corrected chi connectivity index (χ3v) is 3.54. The lowest BCUT2D eigenvalue weighted by Crippen LogP contribution is -1.82. The number of nitrogens with one attached hydrogen (secondary N) is 1. The molecule has 4 aromatic rings. The molecular formula is C15H11N3. The molecule has 1 N–H and O–H groups in total. The second-order valence-electron chi connectivity index (χ2n) is 4.55. The Hall–Kier alpha value is -2.42. The lowest BCUT2D eigenvalue weighted by Gasteiger charge is -2.03. The molecule has 86 valence electrons. The van der Waals surface area contributed by atoms with Crippen LogP contribution in [0.15, 0.2) is 42.9 Å². The largest absolute Gasteiger partial charge is 0.339 e. The van der Waals surface area contributed by atoms with Gasteiger partial charge in [-0.3, -0.25) is 4.98 Å². The van der Waals surface area contributed by atoms with Gasteiger partial charge in [0.05, 0.1) is 5.52 Å². The van der Waals surface area contributed by atoms with Gasteiger partial charge in [-0.15, -0.1) is 0 Å².